The summed E-state index contributed by atoms with van der Waals surface area (Å²) in [4.78, 5) is 11.5. The van der Waals surface area contributed by atoms with Crippen LogP contribution in [0.1, 0.15) is 15.9 Å². The Balaban J connectivity index is 2.32. The minimum atomic E-state index is -0.678. The van der Waals surface area contributed by atoms with Gasteiger partial charge in [-0.1, -0.05) is 6.07 Å². The molecule has 0 radical (unpaired) electrons. The molecule has 0 N–H and O–H groups in total. The van der Waals surface area contributed by atoms with Crippen LogP contribution in [0.5, 0.6) is 0 Å². The largest absolute Gasteiger partial charge is 0.460 e. The van der Waals surface area contributed by atoms with Crippen LogP contribution < -0.4 is 0 Å². The molecule has 18 heavy (non-hydrogen) atoms. The van der Waals surface area contributed by atoms with Crippen LogP contribution in [0.3, 0.4) is 0 Å². The molecule has 0 amide bonds. The average Bonchev–Trinajstić information content (AvgIpc) is 2.33. The van der Waals surface area contributed by atoms with E-state index in [1.165, 1.54) is 12.1 Å². The van der Waals surface area contributed by atoms with E-state index in [0.29, 0.717) is 13.2 Å². The van der Waals surface area contributed by atoms with E-state index in [-0.39, 0.29) is 18.8 Å². The second-order valence-corrected chi connectivity index (χ2v) is 3.72. The number of hydrogen-bond acceptors (Lipinski definition) is 4. The molecule has 0 aromatic heterocycles. The van der Waals surface area contributed by atoms with Crippen molar-refractivity contribution >= 4 is 5.97 Å². The quantitative estimate of drug-likeness (QED) is 0.552. The molecule has 0 aliphatic rings. The molecule has 0 aliphatic heterocycles. The second kappa shape index (κ2) is 7.79. The van der Waals surface area contributed by atoms with Crippen LogP contribution in [0.25, 0.3) is 0 Å². The summed E-state index contributed by atoms with van der Waals surface area (Å²) in [5.74, 6) is -1.25. The molecular formula is C13H17FO4. The zero-order chi connectivity index (χ0) is 13.4. The third kappa shape index (κ3) is 4.81. The molecule has 0 atom stereocenters. The molecular weight excluding hydrogens is 239 g/mol. The Bertz CT molecular complexity index is 393. The summed E-state index contributed by atoms with van der Waals surface area (Å²) in [6.45, 7) is 3.04. The van der Waals surface area contributed by atoms with Crippen LogP contribution in [0.4, 0.5) is 4.39 Å². The van der Waals surface area contributed by atoms with Gasteiger partial charge in [0.15, 0.2) is 0 Å². The highest BCUT2D eigenvalue weighted by atomic mass is 19.1. The number of benzene rings is 1. The average molecular weight is 256 g/mol. The molecule has 0 fully saturated rings. The van der Waals surface area contributed by atoms with Crippen molar-refractivity contribution in [1.82, 2.24) is 0 Å². The first-order valence-electron chi connectivity index (χ1n) is 5.65. The molecule has 0 saturated heterocycles. The lowest BCUT2D eigenvalue weighted by Gasteiger charge is -2.06. The molecule has 4 nitrogen and oxygen atoms in total. The van der Waals surface area contributed by atoms with Gasteiger partial charge in [-0.25, -0.2) is 9.18 Å². The highest BCUT2D eigenvalue weighted by Crippen LogP contribution is 2.10. The van der Waals surface area contributed by atoms with Gasteiger partial charge in [-0.15, -0.1) is 0 Å². The molecule has 0 saturated carbocycles. The van der Waals surface area contributed by atoms with Gasteiger partial charge >= 0.3 is 5.97 Å². The van der Waals surface area contributed by atoms with Crippen molar-refractivity contribution in [2.24, 2.45) is 0 Å². The first-order chi connectivity index (χ1) is 8.65. The number of aryl methyl sites for hydroxylation is 1. The maximum Gasteiger partial charge on any atom is 0.341 e. The highest BCUT2D eigenvalue weighted by Gasteiger charge is 2.12. The lowest BCUT2D eigenvalue weighted by atomic mass is 10.1. The van der Waals surface area contributed by atoms with Crippen LogP contribution in [0.15, 0.2) is 18.2 Å². The Morgan fingerprint density at radius 3 is 2.61 bits per heavy atom. The Morgan fingerprint density at radius 2 is 1.94 bits per heavy atom. The molecule has 5 heteroatoms. The number of hydrogen-bond donors (Lipinski definition) is 0. The number of esters is 1. The van der Waals surface area contributed by atoms with E-state index >= 15 is 0 Å². The zero-order valence-electron chi connectivity index (χ0n) is 10.6. The van der Waals surface area contributed by atoms with Crippen molar-refractivity contribution < 1.29 is 23.4 Å². The third-order valence-corrected chi connectivity index (χ3v) is 2.24. The number of rotatable bonds is 7. The van der Waals surface area contributed by atoms with E-state index in [1.54, 1.807) is 20.1 Å². The summed E-state index contributed by atoms with van der Waals surface area (Å²) in [5.41, 5.74) is 0.699. The van der Waals surface area contributed by atoms with Gasteiger partial charge in [0.05, 0.1) is 25.4 Å². The van der Waals surface area contributed by atoms with Gasteiger partial charge in [0.1, 0.15) is 12.4 Å². The number of methoxy groups -OCH3 is 1. The van der Waals surface area contributed by atoms with Crippen LogP contribution >= 0.6 is 0 Å². The standard InChI is InChI=1S/C13H17FO4/c1-10-3-4-11(12(14)9-10)13(15)18-8-7-17-6-5-16-2/h3-4,9H,5-8H2,1-2H3. The zero-order valence-corrected chi connectivity index (χ0v) is 10.6. The van der Waals surface area contributed by atoms with E-state index in [2.05, 4.69) is 0 Å². The van der Waals surface area contributed by atoms with Crippen molar-refractivity contribution in [2.75, 3.05) is 33.5 Å². The van der Waals surface area contributed by atoms with E-state index in [1.807, 2.05) is 0 Å². The molecule has 0 unspecified atom stereocenters. The van der Waals surface area contributed by atoms with Gasteiger partial charge in [-0.3, -0.25) is 0 Å². The molecule has 1 aromatic carbocycles. The van der Waals surface area contributed by atoms with Crippen LogP contribution in [0, 0.1) is 12.7 Å². The first kappa shape index (κ1) is 14.6. The van der Waals surface area contributed by atoms with Gasteiger partial charge in [-0.05, 0) is 24.6 Å². The molecule has 0 bridgehead atoms. The number of carbonyl (C=O) groups is 1. The fraction of sp³-hybridized carbons (Fsp3) is 0.462. The van der Waals surface area contributed by atoms with Crippen LogP contribution in [-0.4, -0.2) is 39.5 Å². The predicted molar refractivity (Wildman–Crippen MR) is 64.1 cm³/mol. The van der Waals surface area contributed by atoms with Crippen molar-refractivity contribution in [3.63, 3.8) is 0 Å². The summed E-state index contributed by atoms with van der Waals surface area (Å²) in [6.07, 6.45) is 0. The fourth-order valence-electron chi connectivity index (χ4n) is 1.30. The number of carbonyl (C=O) groups excluding carboxylic acids is 1. The van der Waals surface area contributed by atoms with Gasteiger partial charge in [0, 0.05) is 7.11 Å². The maximum atomic E-state index is 13.4. The minimum absolute atomic E-state index is 0.0579. The first-order valence-corrected chi connectivity index (χ1v) is 5.65. The lowest BCUT2D eigenvalue weighted by molar-refractivity contribution is 0.0210. The van der Waals surface area contributed by atoms with Gasteiger partial charge in [0.2, 0.25) is 0 Å². The van der Waals surface area contributed by atoms with Crippen molar-refractivity contribution in [1.29, 1.82) is 0 Å². The summed E-state index contributed by atoms with van der Waals surface area (Å²) in [6, 6.07) is 4.37. The van der Waals surface area contributed by atoms with Crippen LogP contribution in [0.2, 0.25) is 0 Å². The molecule has 100 valence electrons. The topological polar surface area (TPSA) is 44.8 Å². The highest BCUT2D eigenvalue weighted by molar-refractivity contribution is 5.89. The second-order valence-electron chi connectivity index (χ2n) is 3.72. The number of halogens is 1. The van der Waals surface area contributed by atoms with E-state index in [9.17, 15) is 9.18 Å². The summed E-state index contributed by atoms with van der Waals surface area (Å²) < 4.78 is 28.2. The summed E-state index contributed by atoms with van der Waals surface area (Å²) >= 11 is 0. The Hall–Kier alpha value is -1.46. The Morgan fingerprint density at radius 1 is 1.22 bits per heavy atom. The fourth-order valence-corrected chi connectivity index (χ4v) is 1.30. The van der Waals surface area contributed by atoms with Gasteiger partial charge in [-0.2, -0.15) is 0 Å². The van der Waals surface area contributed by atoms with Gasteiger partial charge in [0.25, 0.3) is 0 Å². The normalized spacial score (nSPS) is 10.4. The predicted octanol–water partition coefficient (Wildman–Crippen LogP) is 1.95. The SMILES string of the molecule is COCCOCCOC(=O)c1ccc(C)cc1F. The Labute approximate surface area is 106 Å². The smallest absolute Gasteiger partial charge is 0.341 e. The van der Waals surface area contributed by atoms with Crippen molar-refractivity contribution in [3.05, 3.63) is 35.1 Å². The third-order valence-electron chi connectivity index (χ3n) is 2.24. The molecule has 1 rings (SSSR count). The monoisotopic (exact) mass is 256 g/mol. The van der Waals surface area contributed by atoms with E-state index in [4.69, 9.17) is 14.2 Å². The number of ether oxygens (including phenoxy) is 3. The summed E-state index contributed by atoms with van der Waals surface area (Å²) in [5, 5.41) is 0. The van der Waals surface area contributed by atoms with Crippen molar-refractivity contribution in [3.8, 4) is 0 Å². The van der Waals surface area contributed by atoms with Crippen molar-refractivity contribution in [2.45, 2.75) is 6.92 Å². The minimum Gasteiger partial charge on any atom is -0.460 e. The van der Waals surface area contributed by atoms with Crippen LogP contribution in [-0.2, 0) is 14.2 Å². The molecule has 0 spiro atoms. The van der Waals surface area contributed by atoms with Gasteiger partial charge < -0.3 is 14.2 Å². The van der Waals surface area contributed by atoms with E-state index in [0.717, 1.165) is 5.56 Å². The lowest BCUT2D eigenvalue weighted by Crippen LogP contribution is -2.13. The molecule has 0 heterocycles. The van der Waals surface area contributed by atoms with E-state index < -0.39 is 11.8 Å². The summed E-state index contributed by atoms with van der Waals surface area (Å²) in [7, 11) is 1.57. The maximum absolute atomic E-state index is 13.4. The Kier molecular flexibility index (Phi) is 6.32. The molecule has 1 aromatic rings. The molecule has 0 aliphatic carbocycles.